The van der Waals surface area contributed by atoms with Crippen LogP contribution in [0.5, 0.6) is 0 Å². The van der Waals surface area contributed by atoms with Crippen LogP contribution in [0.25, 0.3) is 0 Å². The number of carbonyl (C=O) groups is 2. The van der Waals surface area contributed by atoms with E-state index >= 15 is 0 Å². The minimum Gasteiger partial charge on any atom is -0.463 e. The number of aliphatic hydroxyl groups is 1. The van der Waals surface area contributed by atoms with E-state index in [1.165, 1.54) is 205 Å². The Hall–Kier alpha value is -1.25. The summed E-state index contributed by atoms with van der Waals surface area (Å²) in [5, 5.41) is 12.8. The molecule has 2 atom stereocenters. The third kappa shape index (κ3) is 49.6. The number of aliphatic hydroxyl groups excluding tert-OH is 1. The molecule has 0 rings (SSSR count). The van der Waals surface area contributed by atoms with Crippen molar-refractivity contribution in [2.45, 2.75) is 277 Å². The molecule has 61 heavy (non-hydrogen) atoms. The smallest absolute Gasteiger partial charge is 0.463 e. The lowest BCUT2D eigenvalue weighted by atomic mass is 10.0. The molecule has 362 valence electrons. The fourth-order valence-electron chi connectivity index (χ4n) is 7.73. The molecule has 2 unspecified atom stereocenters. The number of hydrogen-bond acceptors (Lipinski definition) is 7. The van der Waals surface area contributed by atoms with Crippen molar-refractivity contribution in [2.24, 2.45) is 0 Å². The van der Waals surface area contributed by atoms with Crippen LogP contribution < -0.4 is 5.32 Å². The minimum atomic E-state index is -4.42. The molecule has 0 saturated carbocycles. The van der Waals surface area contributed by atoms with Crippen LogP contribution in [0.3, 0.4) is 0 Å². The van der Waals surface area contributed by atoms with Crippen molar-refractivity contribution in [1.82, 2.24) is 5.32 Å². The number of unbranched alkanes of at least 4 members (excludes halogenated alkanes) is 35. The number of nitrogens with one attached hydrogen (secondary N) is 1. The molecule has 0 heterocycles. The fourth-order valence-corrected chi connectivity index (χ4v) is 8.49. The monoisotopic (exact) mass is 886 g/mol. The lowest BCUT2D eigenvalue weighted by Crippen LogP contribution is -2.27. The molecule has 0 aromatic carbocycles. The van der Waals surface area contributed by atoms with Crippen LogP contribution in [0.4, 0.5) is 0 Å². The van der Waals surface area contributed by atoms with E-state index in [2.05, 4.69) is 31.3 Å². The SMILES string of the molecule is CCCCCCCC/C=C/CCCCCCCCCCCCCCCC(=O)OCC(O)COP(=O)(O)OCCNC(=O)CCCCCCCCCCCCCCCCCCC. The highest BCUT2D eigenvalue weighted by molar-refractivity contribution is 7.47. The Morgan fingerprint density at radius 3 is 1.23 bits per heavy atom. The maximum absolute atomic E-state index is 12.1. The van der Waals surface area contributed by atoms with Gasteiger partial charge in [0.2, 0.25) is 5.91 Å². The van der Waals surface area contributed by atoms with Gasteiger partial charge in [0.25, 0.3) is 0 Å². The second-order valence-corrected chi connectivity index (χ2v) is 19.3. The highest BCUT2D eigenvalue weighted by Gasteiger charge is 2.23. The Morgan fingerprint density at radius 2 is 0.836 bits per heavy atom. The summed E-state index contributed by atoms with van der Waals surface area (Å²) in [5.74, 6) is -0.502. The Kier molecular flexibility index (Phi) is 47.2. The van der Waals surface area contributed by atoms with Crippen molar-refractivity contribution >= 4 is 19.7 Å². The average Bonchev–Trinajstić information content (AvgIpc) is 3.25. The van der Waals surface area contributed by atoms with Crippen LogP contribution in [0.1, 0.15) is 271 Å². The maximum Gasteiger partial charge on any atom is 0.472 e. The molecule has 0 aliphatic rings. The average molecular weight is 886 g/mol. The third-order valence-electron chi connectivity index (χ3n) is 11.7. The Labute approximate surface area is 377 Å². The van der Waals surface area contributed by atoms with Crippen LogP contribution in [0.15, 0.2) is 12.2 Å². The third-order valence-corrected chi connectivity index (χ3v) is 12.7. The molecular weight excluding hydrogens is 786 g/mol. The predicted octanol–water partition coefficient (Wildman–Crippen LogP) is 15.3. The van der Waals surface area contributed by atoms with Gasteiger partial charge >= 0.3 is 13.8 Å². The summed E-state index contributed by atoms with van der Waals surface area (Å²) >= 11 is 0. The zero-order valence-corrected chi connectivity index (χ0v) is 41.0. The van der Waals surface area contributed by atoms with Crippen LogP contribution in [0, 0.1) is 0 Å². The molecule has 0 spiro atoms. The minimum absolute atomic E-state index is 0.0873. The number of esters is 1. The van der Waals surface area contributed by atoms with Crippen LogP contribution >= 0.6 is 7.82 Å². The van der Waals surface area contributed by atoms with Crippen molar-refractivity contribution in [3.63, 3.8) is 0 Å². The highest BCUT2D eigenvalue weighted by Crippen LogP contribution is 2.42. The van der Waals surface area contributed by atoms with Crippen LogP contribution in [0.2, 0.25) is 0 Å². The second kappa shape index (κ2) is 48.2. The molecule has 0 aliphatic carbocycles. The van der Waals surface area contributed by atoms with E-state index in [0.29, 0.717) is 6.42 Å². The summed E-state index contributed by atoms with van der Waals surface area (Å²) in [6.07, 6.45) is 53.0. The van der Waals surface area contributed by atoms with Crippen molar-refractivity contribution in [1.29, 1.82) is 0 Å². The molecule has 0 aliphatic heterocycles. The fraction of sp³-hybridized carbons (Fsp3) is 0.922. The number of hydrogen-bond donors (Lipinski definition) is 3. The van der Waals surface area contributed by atoms with Crippen molar-refractivity contribution < 1.29 is 37.9 Å². The number of allylic oxidation sites excluding steroid dienone is 2. The van der Waals surface area contributed by atoms with Crippen LogP contribution in [-0.2, 0) is 27.9 Å². The van der Waals surface area contributed by atoms with Gasteiger partial charge in [-0.3, -0.25) is 18.6 Å². The van der Waals surface area contributed by atoms with E-state index in [1.54, 1.807) is 0 Å². The van der Waals surface area contributed by atoms with E-state index in [9.17, 15) is 24.2 Å². The van der Waals surface area contributed by atoms with Gasteiger partial charge in [0.05, 0.1) is 13.2 Å². The van der Waals surface area contributed by atoms with Crippen molar-refractivity contribution in [3.8, 4) is 0 Å². The van der Waals surface area contributed by atoms with E-state index in [-0.39, 0.29) is 32.1 Å². The molecular formula is C51H100NO8P. The molecule has 0 fully saturated rings. The van der Waals surface area contributed by atoms with Gasteiger partial charge in [-0.1, -0.05) is 231 Å². The number of ether oxygens (including phenoxy) is 1. The first kappa shape index (κ1) is 59.8. The van der Waals surface area contributed by atoms with Crippen LogP contribution in [-0.4, -0.2) is 54.3 Å². The topological polar surface area (TPSA) is 131 Å². The van der Waals surface area contributed by atoms with E-state index in [1.807, 2.05) is 0 Å². The largest absolute Gasteiger partial charge is 0.472 e. The summed E-state index contributed by atoms with van der Waals surface area (Å²) in [6.45, 7) is 3.61. The first-order valence-electron chi connectivity index (χ1n) is 26.2. The molecule has 9 nitrogen and oxygen atoms in total. The number of amides is 1. The normalized spacial score (nSPS) is 13.2. The van der Waals surface area contributed by atoms with E-state index < -0.39 is 26.5 Å². The summed E-state index contributed by atoms with van der Waals surface area (Å²) in [6, 6.07) is 0. The van der Waals surface area contributed by atoms with Gasteiger partial charge in [-0.25, -0.2) is 4.57 Å². The zero-order valence-electron chi connectivity index (χ0n) is 40.1. The van der Waals surface area contributed by atoms with Gasteiger partial charge < -0.3 is 20.1 Å². The second-order valence-electron chi connectivity index (χ2n) is 17.9. The summed E-state index contributed by atoms with van der Waals surface area (Å²) in [4.78, 5) is 34.1. The first-order chi connectivity index (χ1) is 29.8. The van der Waals surface area contributed by atoms with Crippen molar-refractivity contribution in [3.05, 3.63) is 12.2 Å². The number of carbonyl (C=O) groups excluding carboxylic acids is 2. The molecule has 0 saturated heterocycles. The Balaban J connectivity index is 3.51. The van der Waals surface area contributed by atoms with Crippen molar-refractivity contribution in [2.75, 3.05) is 26.4 Å². The zero-order chi connectivity index (χ0) is 44.6. The van der Waals surface area contributed by atoms with Gasteiger partial charge in [-0.05, 0) is 38.5 Å². The molecule has 1 amide bonds. The number of phosphoric ester groups is 1. The molecule has 3 N–H and O–H groups in total. The van der Waals surface area contributed by atoms with E-state index in [4.69, 9.17) is 13.8 Å². The number of phosphoric acid groups is 1. The lowest BCUT2D eigenvalue weighted by Gasteiger charge is -2.15. The molecule has 10 heteroatoms. The van der Waals surface area contributed by atoms with Gasteiger partial charge in [-0.15, -0.1) is 0 Å². The van der Waals surface area contributed by atoms with Gasteiger partial charge in [-0.2, -0.15) is 0 Å². The Bertz CT molecular complexity index is 1010. The molecule has 0 radical (unpaired) electrons. The summed E-state index contributed by atoms with van der Waals surface area (Å²) in [7, 11) is -4.42. The molecule has 0 bridgehead atoms. The number of rotatable bonds is 50. The van der Waals surface area contributed by atoms with Gasteiger partial charge in [0.1, 0.15) is 12.7 Å². The molecule has 0 aromatic heterocycles. The van der Waals surface area contributed by atoms with E-state index in [0.717, 1.165) is 38.5 Å². The predicted molar refractivity (Wildman–Crippen MR) is 257 cm³/mol. The van der Waals surface area contributed by atoms with Gasteiger partial charge in [0.15, 0.2) is 0 Å². The summed E-state index contributed by atoms with van der Waals surface area (Å²) < 4.78 is 27.0. The lowest BCUT2D eigenvalue weighted by molar-refractivity contribution is -0.147. The first-order valence-corrected chi connectivity index (χ1v) is 27.7. The summed E-state index contributed by atoms with van der Waals surface area (Å²) in [5.41, 5.74) is 0. The Morgan fingerprint density at radius 1 is 0.492 bits per heavy atom. The highest BCUT2D eigenvalue weighted by atomic mass is 31.2. The standard InChI is InChI=1S/C51H100NO8P/c1-3-5-7-9-11-13-15-17-19-21-22-23-24-25-26-28-30-32-34-36-38-40-42-44-51(55)58-47-49(53)48-60-61(56,57)59-46-45-52-50(54)43-41-39-37-35-33-31-29-27-20-18-16-14-12-10-8-6-4-2/h17,19,49,53H,3-16,18,20-48H2,1-2H3,(H,52,54)(H,56,57)/b19-17+. The molecule has 0 aromatic rings. The maximum atomic E-state index is 12.1. The van der Waals surface area contributed by atoms with Gasteiger partial charge in [0, 0.05) is 19.4 Å². The quantitative estimate of drug-likeness (QED) is 0.0238.